The lowest BCUT2D eigenvalue weighted by Crippen LogP contribution is -2.50. The summed E-state index contributed by atoms with van der Waals surface area (Å²) in [5.74, 6) is -0.158. The van der Waals surface area contributed by atoms with Crippen LogP contribution in [0.3, 0.4) is 0 Å². The van der Waals surface area contributed by atoms with Crippen molar-refractivity contribution in [2.75, 3.05) is 26.2 Å². The minimum absolute atomic E-state index is 0.158. The van der Waals surface area contributed by atoms with Gasteiger partial charge in [-0.2, -0.15) is 4.31 Å². The van der Waals surface area contributed by atoms with Gasteiger partial charge in [0.05, 0.1) is 10.4 Å². The molecular formula is C14H14ClN3O3S2. The van der Waals surface area contributed by atoms with Crippen LogP contribution in [0.2, 0.25) is 5.02 Å². The molecule has 1 amide bonds. The first kappa shape index (κ1) is 16.4. The highest BCUT2D eigenvalue weighted by molar-refractivity contribution is 7.89. The minimum atomic E-state index is -3.56. The number of thiazole rings is 1. The summed E-state index contributed by atoms with van der Waals surface area (Å²) >= 11 is 7.15. The van der Waals surface area contributed by atoms with Gasteiger partial charge in [-0.1, -0.05) is 11.6 Å². The van der Waals surface area contributed by atoms with Gasteiger partial charge in [0.15, 0.2) is 0 Å². The number of benzene rings is 1. The van der Waals surface area contributed by atoms with Crippen LogP contribution in [0, 0.1) is 0 Å². The summed E-state index contributed by atoms with van der Waals surface area (Å²) in [6.07, 6.45) is 0. The lowest BCUT2D eigenvalue weighted by Gasteiger charge is -2.33. The molecule has 1 saturated heterocycles. The third-order valence-corrected chi connectivity index (χ3v) is 6.38. The standard InChI is InChI=1S/C14H14ClN3O3S2/c15-11-1-3-12(4-2-11)23(20,21)18-7-5-17(6-8-18)14(19)13-9-22-10-16-13/h1-4,9-10H,5-8H2. The lowest BCUT2D eigenvalue weighted by atomic mass is 10.3. The molecule has 1 aliphatic rings. The molecule has 1 aliphatic heterocycles. The van der Waals surface area contributed by atoms with E-state index < -0.39 is 10.0 Å². The first-order valence-electron chi connectivity index (χ1n) is 6.91. The number of amides is 1. The smallest absolute Gasteiger partial charge is 0.273 e. The van der Waals surface area contributed by atoms with E-state index >= 15 is 0 Å². The van der Waals surface area contributed by atoms with Crippen LogP contribution in [-0.4, -0.2) is 54.7 Å². The molecule has 2 heterocycles. The molecule has 122 valence electrons. The fourth-order valence-corrected chi connectivity index (χ4v) is 4.44. The molecule has 23 heavy (non-hydrogen) atoms. The number of piperazine rings is 1. The predicted molar refractivity (Wildman–Crippen MR) is 88.2 cm³/mol. The number of rotatable bonds is 3. The van der Waals surface area contributed by atoms with Crippen molar-refractivity contribution in [3.8, 4) is 0 Å². The second-order valence-electron chi connectivity index (χ2n) is 5.02. The second-order valence-corrected chi connectivity index (χ2v) is 8.12. The SMILES string of the molecule is O=C(c1cscn1)N1CCN(S(=O)(=O)c2ccc(Cl)cc2)CC1. The third kappa shape index (κ3) is 3.40. The van der Waals surface area contributed by atoms with Crippen molar-refractivity contribution >= 4 is 38.9 Å². The average Bonchev–Trinajstić information content (AvgIpc) is 3.09. The highest BCUT2D eigenvalue weighted by Crippen LogP contribution is 2.20. The summed E-state index contributed by atoms with van der Waals surface area (Å²) in [7, 11) is -3.56. The number of carbonyl (C=O) groups is 1. The summed E-state index contributed by atoms with van der Waals surface area (Å²) in [5, 5.41) is 2.18. The number of nitrogens with zero attached hydrogens (tertiary/aromatic N) is 3. The maximum atomic E-state index is 12.6. The first-order chi connectivity index (χ1) is 11.0. The Hall–Kier alpha value is -1.48. The van der Waals surface area contributed by atoms with Gasteiger partial charge in [0.1, 0.15) is 5.69 Å². The molecule has 1 fully saturated rings. The molecule has 0 radical (unpaired) electrons. The van der Waals surface area contributed by atoms with Crippen molar-refractivity contribution in [3.05, 3.63) is 45.9 Å². The van der Waals surface area contributed by atoms with Crippen molar-refractivity contribution in [2.24, 2.45) is 0 Å². The Kier molecular flexibility index (Phi) is 4.67. The van der Waals surface area contributed by atoms with Crippen LogP contribution in [0.1, 0.15) is 10.5 Å². The van der Waals surface area contributed by atoms with Crippen LogP contribution >= 0.6 is 22.9 Å². The zero-order valence-electron chi connectivity index (χ0n) is 12.1. The van der Waals surface area contributed by atoms with Gasteiger partial charge in [-0.05, 0) is 24.3 Å². The molecule has 1 aromatic carbocycles. The zero-order valence-corrected chi connectivity index (χ0v) is 14.4. The average molecular weight is 372 g/mol. The quantitative estimate of drug-likeness (QED) is 0.826. The molecular weight excluding hydrogens is 358 g/mol. The molecule has 1 aromatic heterocycles. The maximum absolute atomic E-state index is 12.6. The van der Waals surface area contributed by atoms with Crippen molar-refractivity contribution in [2.45, 2.75) is 4.90 Å². The Balaban J connectivity index is 1.69. The summed E-state index contributed by atoms with van der Waals surface area (Å²) in [5.41, 5.74) is 2.01. The summed E-state index contributed by atoms with van der Waals surface area (Å²) in [4.78, 5) is 18.0. The number of halogens is 1. The van der Waals surface area contributed by atoms with Crippen molar-refractivity contribution in [1.82, 2.24) is 14.2 Å². The Morgan fingerprint density at radius 2 is 1.78 bits per heavy atom. The molecule has 2 aromatic rings. The maximum Gasteiger partial charge on any atom is 0.273 e. The van der Waals surface area contributed by atoms with Crippen LogP contribution < -0.4 is 0 Å². The van der Waals surface area contributed by atoms with Crippen molar-refractivity contribution < 1.29 is 13.2 Å². The Morgan fingerprint density at radius 1 is 1.13 bits per heavy atom. The highest BCUT2D eigenvalue weighted by Gasteiger charge is 2.30. The predicted octanol–water partition coefficient (Wildman–Crippen LogP) is 1.94. The number of sulfonamides is 1. The molecule has 0 spiro atoms. The van der Waals surface area contributed by atoms with Crippen LogP contribution in [0.5, 0.6) is 0 Å². The van der Waals surface area contributed by atoms with E-state index in [0.717, 1.165) is 0 Å². The zero-order chi connectivity index (χ0) is 16.4. The van der Waals surface area contributed by atoms with Crippen LogP contribution in [0.4, 0.5) is 0 Å². The lowest BCUT2D eigenvalue weighted by molar-refractivity contribution is 0.0693. The largest absolute Gasteiger partial charge is 0.335 e. The fourth-order valence-electron chi connectivity index (χ4n) is 2.37. The van der Waals surface area contributed by atoms with Crippen LogP contribution in [0.25, 0.3) is 0 Å². The van der Waals surface area contributed by atoms with Gasteiger partial charge in [0.25, 0.3) is 5.91 Å². The van der Waals surface area contributed by atoms with Crippen LogP contribution in [-0.2, 0) is 10.0 Å². The van der Waals surface area contributed by atoms with Crippen LogP contribution in [0.15, 0.2) is 40.1 Å². The fraction of sp³-hybridized carbons (Fsp3) is 0.286. The van der Waals surface area contributed by atoms with Gasteiger partial charge >= 0.3 is 0 Å². The van der Waals surface area contributed by atoms with E-state index in [1.54, 1.807) is 27.9 Å². The Labute approximate surface area is 143 Å². The molecule has 0 N–H and O–H groups in total. The van der Waals surface area contributed by atoms with Gasteiger partial charge in [0.2, 0.25) is 10.0 Å². The molecule has 9 heteroatoms. The third-order valence-electron chi connectivity index (χ3n) is 3.63. The summed E-state index contributed by atoms with van der Waals surface area (Å²) in [6.45, 7) is 1.23. The molecule has 0 unspecified atom stereocenters. The number of aromatic nitrogens is 1. The van der Waals surface area contributed by atoms with Crippen molar-refractivity contribution in [3.63, 3.8) is 0 Å². The van der Waals surface area contributed by atoms with E-state index in [2.05, 4.69) is 4.98 Å². The molecule has 0 saturated carbocycles. The van der Waals surface area contributed by atoms with Gasteiger partial charge in [-0.25, -0.2) is 13.4 Å². The van der Waals surface area contributed by atoms with Gasteiger partial charge in [-0.15, -0.1) is 11.3 Å². The topological polar surface area (TPSA) is 70.6 Å². The van der Waals surface area contributed by atoms with Crippen molar-refractivity contribution in [1.29, 1.82) is 0 Å². The molecule has 0 atom stereocenters. The molecule has 3 rings (SSSR count). The number of carbonyl (C=O) groups excluding carboxylic acids is 1. The highest BCUT2D eigenvalue weighted by atomic mass is 35.5. The first-order valence-corrected chi connectivity index (χ1v) is 9.68. The Bertz CT molecular complexity index is 783. The van der Waals surface area contributed by atoms with Gasteiger partial charge in [-0.3, -0.25) is 4.79 Å². The monoisotopic (exact) mass is 371 g/mol. The van der Waals surface area contributed by atoms with Gasteiger partial charge < -0.3 is 4.90 Å². The summed E-state index contributed by atoms with van der Waals surface area (Å²) < 4.78 is 26.5. The van der Waals surface area contributed by atoms with E-state index in [1.807, 2.05) is 0 Å². The molecule has 6 nitrogen and oxygen atoms in total. The normalized spacial score (nSPS) is 16.5. The van der Waals surface area contributed by atoms with E-state index in [9.17, 15) is 13.2 Å². The van der Waals surface area contributed by atoms with E-state index in [1.165, 1.54) is 27.8 Å². The Morgan fingerprint density at radius 3 is 2.35 bits per heavy atom. The van der Waals surface area contributed by atoms with E-state index in [-0.39, 0.29) is 23.9 Å². The molecule has 0 bridgehead atoms. The van der Waals surface area contributed by atoms with E-state index in [4.69, 9.17) is 11.6 Å². The number of hydrogen-bond donors (Lipinski definition) is 0. The molecule has 0 aliphatic carbocycles. The summed E-state index contributed by atoms with van der Waals surface area (Å²) in [6, 6.07) is 6.09. The van der Waals surface area contributed by atoms with E-state index in [0.29, 0.717) is 23.8 Å². The second kappa shape index (κ2) is 6.56. The van der Waals surface area contributed by atoms with Gasteiger partial charge in [0, 0.05) is 36.6 Å². The number of hydrogen-bond acceptors (Lipinski definition) is 5. The minimum Gasteiger partial charge on any atom is -0.335 e.